The average Bonchev–Trinajstić information content (AvgIpc) is 2.40. The van der Waals surface area contributed by atoms with E-state index < -0.39 is 0 Å². The molecule has 20 heavy (non-hydrogen) atoms. The summed E-state index contributed by atoms with van der Waals surface area (Å²) in [5.74, 6) is 0.278. The van der Waals surface area contributed by atoms with Crippen LogP contribution < -0.4 is 5.73 Å². The van der Waals surface area contributed by atoms with Gasteiger partial charge >= 0.3 is 0 Å². The Morgan fingerprint density at radius 2 is 1.85 bits per heavy atom. The summed E-state index contributed by atoms with van der Waals surface area (Å²) in [6.45, 7) is 1.81. The van der Waals surface area contributed by atoms with E-state index in [0.717, 1.165) is 23.8 Å². The van der Waals surface area contributed by atoms with Gasteiger partial charge in [0.2, 0.25) is 0 Å². The molecule has 0 saturated carbocycles. The summed E-state index contributed by atoms with van der Waals surface area (Å²) in [5, 5.41) is 1.44. The minimum atomic E-state index is 0.278. The number of anilines is 1. The first-order chi connectivity index (χ1) is 9.54. The fourth-order valence-electron chi connectivity index (χ4n) is 2.86. The summed E-state index contributed by atoms with van der Waals surface area (Å²) in [7, 11) is 2.11. The molecule has 104 valence electrons. The van der Waals surface area contributed by atoms with Crippen molar-refractivity contribution in [3.05, 3.63) is 63.1 Å². The summed E-state index contributed by atoms with van der Waals surface area (Å²) in [6, 6.07) is 11.9. The first kappa shape index (κ1) is 13.7. The van der Waals surface area contributed by atoms with E-state index in [2.05, 4.69) is 24.1 Å². The number of likely N-dealkylation sites (N-methyl/N-ethyl adjacent to an activating group) is 1. The molecule has 0 fully saturated rings. The molecule has 0 radical (unpaired) electrons. The highest BCUT2D eigenvalue weighted by atomic mass is 35.5. The largest absolute Gasteiger partial charge is 0.399 e. The van der Waals surface area contributed by atoms with Crippen LogP contribution in [-0.2, 0) is 6.54 Å². The van der Waals surface area contributed by atoms with E-state index in [1.807, 2.05) is 24.3 Å². The van der Waals surface area contributed by atoms with Crippen molar-refractivity contribution in [3.63, 3.8) is 0 Å². The van der Waals surface area contributed by atoms with Crippen LogP contribution in [0.25, 0.3) is 0 Å². The Labute approximate surface area is 129 Å². The molecule has 4 heteroatoms. The second-order valence-corrected chi connectivity index (χ2v) is 6.22. The van der Waals surface area contributed by atoms with Gasteiger partial charge in [-0.3, -0.25) is 0 Å². The third kappa shape index (κ3) is 2.51. The van der Waals surface area contributed by atoms with Crippen LogP contribution in [-0.4, -0.2) is 18.5 Å². The highest BCUT2D eigenvalue weighted by molar-refractivity contribution is 6.35. The van der Waals surface area contributed by atoms with E-state index in [1.165, 1.54) is 16.7 Å². The van der Waals surface area contributed by atoms with Crippen molar-refractivity contribution >= 4 is 28.9 Å². The van der Waals surface area contributed by atoms with Gasteiger partial charge in [-0.15, -0.1) is 0 Å². The van der Waals surface area contributed by atoms with Crippen molar-refractivity contribution in [2.75, 3.05) is 19.3 Å². The Bertz CT molecular complexity index is 638. The van der Waals surface area contributed by atoms with Crippen LogP contribution in [0.2, 0.25) is 10.0 Å². The molecule has 2 nitrogen and oxygen atoms in total. The quantitative estimate of drug-likeness (QED) is 0.802. The van der Waals surface area contributed by atoms with Crippen LogP contribution in [0.5, 0.6) is 0 Å². The maximum Gasteiger partial charge on any atom is 0.0468 e. The van der Waals surface area contributed by atoms with Gasteiger partial charge in [-0.2, -0.15) is 0 Å². The second kappa shape index (κ2) is 5.28. The van der Waals surface area contributed by atoms with Crippen molar-refractivity contribution in [2.45, 2.75) is 12.5 Å². The molecular formula is C16H16Cl2N2. The molecule has 2 aromatic carbocycles. The van der Waals surface area contributed by atoms with Crippen molar-refractivity contribution in [2.24, 2.45) is 0 Å². The third-order valence-electron chi connectivity index (χ3n) is 3.83. The highest BCUT2D eigenvalue weighted by Gasteiger charge is 2.26. The lowest BCUT2D eigenvalue weighted by atomic mass is 9.85. The van der Waals surface area contributed by atoms with Gasteiger partial charge in [-0.05, 0) is 48.0 Å². The smallest absolute Gasteiger partial charge is 0.0468 e. The molecule has 2 N–H and O–H groups in total. The number of halogens is 2. The average molecular weight is 307 g/mol. The predicted molar refractivity (Wildman–Crippen MR) is 85.5 cm³/mol. The summed E-state index contributed by atoms with van der Waals surface area (Å²) in [4.78, 5) is 2.28. The number of nitrogens with two attached hydrogens (primary N) is 1. The normalized spacial score (nSPS) is 18.9. The van der Waals surface area contributed by atoms with Gasteiger partial charge in [0.15, 0.2) is 0 Å². The van der Waals surface area contributed by atoms with Gasteiger partial charge < -0.3 is 10.6 Å². The fraction of sp³-hybridized carbons (Fsp3) is 0.250. The van der Waals surface area contributed by atoms with Crippen LogP contribution in [0.4, 0.5) is 5.69 Å². The Morgan fingerprint density at radius 3 is 2.55 bits per heavy atom. The lowest BCUT2D eigenvalue weighted by Crippen LogP contribution is -2.31. The Kier molecular flexibility index (Phi) is 3.63. The van der Waals surface area contributed by atoms with Crippen molar-refractivity contribution < 1.29 is 0 Å². The van der Waals surface area contributed by atoms with Crippen LogP contribution in [0.15, 0.2) is 36.4 Å². The summed E-state index contributed by atoms with van der Waals surface area (Å²) in [6.07, 6.45) is 0. The number of fused-ring (bicyclic) bond motifs is 1. The molecule has 1 heterocycles. The van der Waals surface area contributed by atoms with E-state index in [1.54, 1.807) is 0 Å². The minimum Gasteiger partial charge on any atom is -0.399 e. The molecule has 1 aliphatic rings. The van der Waals surface area contributed by atoms with E-state index in [0.29, 0.717) is 5.02 Å². The lowest BCUT2D eigenvalue weighted by Gasteiger charge is -2.33. The standard InChI is InChI=1S/C16H16Cl2N2/c1-20-8-14(10-2-4-12(19)5-3-10)13-6-11(17)7-16(18)15(13)9-20/h2-7,14H,8-9,19H2,1H3/t14-/m0/s1. The topological polar surface area (TPSA) is 29.3 Å². The maximum atomic E-state index is 6.36. The zero-order valence-electron chi connectivity index (χ0n) is 11.2. The minimum absolute atomic E-state index is 0.278. The molecule has 0 amide bonds. The third-order valence-corrected chi connectivity index (χ3v) is 4.39. The first-order valence-electron chi connectivity index (χ1n) is 6.56. The molecule has 0 aliphatic carbocycles. The van der Waals surface area contributed by atoms with Gasteiger partial charge in [0.05, 0.1) is 0 Å². The number of rotatable bonds is 1. The van der Waals surface area contributed by atoms with E-state index in [-0.39, 0.29) is 5.92 Å². The molecule has 3 rings (SSSR count). The molecule has 0 bridgehead atoms. The monoisotopic (exact) mass is 306 g/mol. The van der Waals surface area contributed by atoms with E-state index in [9.17, 15) is 0 Å². The molecular weight excluding hydrogens is 291 g/mol. The number of nitrogen functional groups attached to an aromatic ring is 1. The van der Waals surface area contributed by atoms with E-state index in [4.69, 9.17) is 28.9 Å². The second-order valence-electron chi connectivity index (χ2n) is 5.37. The highest BCUT2D eigenvalue weighted by Crippen LogP contribution is 2.38. The Hall–Kier alpha value is -1.22. The van der Waals surface area contributed by atoms with Crippen LogP contribution in [0, 0.1) is 0 Å². The SMILES string of the molecule is CN1Cc2c(Cl)cc(Cl)cc2[C@H](c2ccc(N)cc2)C1. The van der Waals surface area contributed by atoms with Crippen molar-refractivity contribution in [3.8, 4) is 0 Å². The molecule has 0 unspecified atom stereocenters. The zero-order chi connectivity index (χ0) is 14.3. The van der Waals surface area contributed by atoms with Gasteiger partial charge in [-0.25, -0.2) is 0 Å². The Morgan fingerprint density at radius 1 is 1.15 bits per heavy atom. The van der Waals surface area contributed by atoms with Crippen LogP contribution in [0.1, 0.15) is 22.6 Å². The van der Waals surface area contributed by atoms with E-state index >= 15 is 0 Å². The Balaban J connectivity index is 2.12. The summed E-state index contributed by atoms with van der Waals surface area (Å²) < 4.78 is 0. The molecule has 2 aromatic rings. The van der Waals surface area contributed by atoms with Crippen molar-refractivity contribution in [1.29, 1.82) is 0 Å². The maximum absolute atomic E-state index is 6.36. The van der Waals surface area contributed by atoms with Gasteiger partial charge in [0.25, 0.3) is 0 Å². The molecule has 0 aromatic heterocycles. The lowest BCUT2D eigenvalue weighted by molar-refractivity contribution is 0.295. The zero-order valence-corrected chi connectivity index (χ0v) is 12.7. The molecule has 0 spiro atoms. The number of hydrogen-bond acceptors (Lipinski definition) is 2. The molecule has 1 atom stereocenters. The molecule has 1 aliphatic heterocycles. The van der Waals surface area contributed by atoms with Crippen molar-refractivity contribution in [1.82, 2.24) is 4.90 Å². The molecule has 0 saturated heterocycles. The predicted octanol–water partition coefficient (Wildman–Crippen LogP) is 4.15. The summed E-state index contributed by atoms with van der Waals surface area (Å²) in [5.41, 5.74) is 10.2. The number of hydrogen-bond donors (Lipinski definition) is 1. The fourth-order valence-corrected chi connectivity index (χ4v) is 3.43. The van der Waals surface area contributed by atoms with Gasteiger partial charge in [0.1, 0.15) is 0 Å². The summed E-state index contributed by atoms with van der Waals surface area (Å²) >= 11 is 12.5. The number of benzene rings is 2. The number of nitrogens with zero attached hydrogens (tertiary/aromatic N) is 1. The van der Waals surface area contributed by atoms with Crippen LogP contribution in [0.3, 0.4) is 0 Å². The van der Waals surface area contributed by atoms with Gasteiger partial charge in [0, 0.05) is 34.7 Å². The van der Waals surface area contributed by atoms with Gasteiger partial charge in [-0.1, -0.05) is 35.3 Å². The van der Waals surface area contributed by atoms with Crippen LogP contribution >= 0.6 is 23.2 Å². The first-order valence-corrected chi connectivity index (χ1v) is 7.32.